The van der Waals surface area contributed by atoms with Crippen molar-refractivity contribution in [2.24, 2.45) is 17.8 Å². The van der Waals surface area contributed by atoms with Crippen LogP contribution >= 0.6 is 0 Å². The van der Waals surface area contributed by atoms with Crippen LogP contribution < -0.4 is 4.74 Å². The molecule has 114 valence electrons. The van der Waals surface area contributed by atoms with Crippen molar-refractivity contribution in [3.63, 3.8) is 0 Å². The molecule has 4 saturated carbocycles. The van der Waals surface area contributed by atoms with Crippen molar-refractivity contribution >= 4 is 10.8 Å². The average Bonchev–Trinajstić information content (AvgIpc) is 2.52. The molecule has 1 heteroatoms. The molecule has 0 aliphatic heterocycles. The third-order valence-corrected chi connectivity index (χ3v) is 6.68. The van der Waals surface area contributed by atoms with Crippen molar-refractivity contribution in [2.45, 2.75) is 43.9 Å². The standard InChI is InChI=1S/C21H24O/c1-22-20-10-18-5-3-2-4-17(18)9-19(20)21-11-14-6-15(12-21)8-16(7-14)13-21/h2-5,9-10,14-16H,6-8,11-13H2,1H3. The molecule has 1 nitrogen and oxygen atoms in total. The molecule has 0 atom stereocenters. The van der Waals surface area contributed by atoms with E-state index in [0.29, 0.717) is 5.41 Å². The van der Waals surface area contributed by atoms with Gasteiger partial charge < -0.3 is 4.74 Å². The van der Waals surface area contributed by atoms with Gasteiger partial charge in [0.05, 0.1) is 7.11 Å². The monoisotopic (exact) mass is 292 g/mol. The van der Waals surface area contributed by atoms with Crippen molar-refractivity contribution in [1.29, 1.82) is 0 Å². The van der Waals surface area contributed by atoms with E-state index in [9.17, 15) is 0 Å². The summed E-state index contributed by atoms with van der Waals surface area (Å²) in [6.07, 6.45) is 8.68. The summed E-state index contributed by atoms with van der Waals surface area (Å²) in [5, 5.41) is 2.67. The topological polar surface area (TPSA) is 9.23 Å². The molecular weight excluding hydrogens is 268 g/mol. The molecule has 0 aromatic heterocycles. The van der Waals surface area contributed by atoms with E-state index in [2.05, 4.69) is 36.4 Å². The maximum Gasteiger partial charge on any atom is 0.123 e. The fourth-order valence-corrected chi connectivity index (χ4v) is 6.24. The molecule has 4 aliphatic carbocycles. The van der Waals surface area contributed by atoms with Gasteiger partial charge in [-0.15, -0.1) is 0 Å². The van der Waals surface area contributed by atoms with Crippen LogP contribution in [0.1, 0.15) is 44.1 Å². The zero-order chi connectivity index (χ0) is 14.7. The van der Waals surface area contributed by atoms with Gasteiger partial charge in [-0.2, -0.15) is 0 Å². The van der Waals surface area contributed by atoms with Crippen LogP contribution in [0.25, 0.3) is 10.8 Å². The number of hydrogen-bond donors (Lipinski definition) is 0. The van der Waals surface area contributed by atoms with Crippen LogP contribution in [0.4, 0.5) is 0 Å². The van der Waals surface area contributed by atoms with Crippen LogP contribution in [0.2, 0.25) is 0 Å². The van der Waals surface area contributed by atoms with Gasteiger partial charge in [0.2, 0.25) is 0 Å². The first-order valence-electron chi connectivity index (χ1n) is 8.83. The predicted molar refractivity (Wildman–Crippen MR) is 90.4 cm³/mol. The molecule has 0 saturated heterocycles. The smallest absolute Gasteiger partial charge is 0.123 e. The summed E-state index contributed by atoms with van der Waals surface area (Å²) in [7, 11) is 1.84. The maximum atomic E-state index is 5.84. The fourth-order valence-electron chi connectivity index (χ4n) is 6.24. The van der Waals surface area contributed by atoms with Gasteiger partial charge in [-0.05, 0) is 84.6 Å². The lowest BCUT2D eigenvalue weighted by atomic mass is 9.48. The summed E-state index contributed by atoms with van der Waals surface area (Å²) < 4.78 is 5.84. The average molecular weight is 292 g/mol. The van der Waals surface area contributed by atoms with Gasteiger partial charge >= 0.3 is 0 Å². The van der Waals surface area contributed by atoms with E-state index in [0.717, 1.165) is 23.5 Å². The molecule has 0 spiro atoms. The molecule has 0 unspecified atom stereocenters. The van der Waals surface area contributed by atoms with Crippen LogP contribution in [0.5, 0.6) is 5.75 Å². The summed E-state index contributed by atoms with van der Waals surface area (Å²) in [5.41, 5.74) is 1.91. The number of fused-ring (bicyclic) bond motifs is 1. The van der Waals surface area contributed by atoms with E-state index < -0.39 is 0 Å². The highest BCUT2D eigenvalue weighted by Crippen LogP contribution is 2.62. The van der Waals surface area contributed by atoms with Crippen molar-refractivity contribution in [1.82, 2.24) is 0 Å². The number of hydrogen-bond acceptors (Lipinski definition) is 1. The Morgan fingerprint density at radius 2 is 1.41 bits per heavy atom. The molecule has 4 bridgehead atoms. The van der Waals surface area contributed by atoms with Gasteiger partial charge in [0.25, 0.3) is 0 Å². The maximum absolute atomic E-state index is 5.84. The minimum Gasteiger partial charge on any atom is -0.496 e. The zero-order valence-electron chi connectivity index (χ0n) is 13.3. The van der Waals surface area contributed by atoms with E-state index in [1.165, 1.54) is 54.9 Å². The van der Waals surface area contributed by atoms with Crippen LogP contribution in [0, 0.1) is 17.8 Å². The second-order valence-corrected chi connectivity index (χ2v) is 8.10. The van der Waals surface area contributed by atoms with Crippen LogP contribution in [-0.2, 0) is 5.41 Å². The Hall–Kier alpha value is -1.50. The van der Waals surface area contributed by atoms with Crippen molar-refractivity contribution in [3.8, 4) is 5.75 Å². The first kappa shape index (κ1) is 13.0. The van der Waals surface area contributed by atoms with E-state index in [4.69, 9.17) is 4.74 Å². The van der Waals surface area contributed by atoms with E-state index in [1.807, 2.05) is 7.11 Å². The number of benzene rings is 2. The highest BCUT2D eigenvalue weighted by Gasteiger charge is 2.52. The van der Waals surface area contributed by atoms with Gasteiger partial charge in [0.15, 0.2) is 0 Å². The number of rotatable bonds is 2. The quantitative estimate of drug-likeness (QED) is 0.728. The summed E-state index contributed by atoms with van der Waals surface area (Å²) >= 11 is 0. The molecule has 0 N–H and O–H groups in total. The normalized spacial score (nSPS) is 36.0. The van der Waals surface area contributed by atoms with Gasteiger partial charge in [0.1, 0.15) is 5.75 Å². The largest absolute Gasteiger partial charge is 0.496 e. The van der Waals surface area contributed by atoms with Crippen molar-refractivity contribution < 1.29 is 4.74 Å². The molecule has 2 aromatic carbocycles. The summed E-state index contributed by atoms with van der Waals surface area (Å²) in [5.74, 6) is 4.05. The Bertz CT molecular complexity index is 694. The van der Waals surface area contributed by atoms with E-state index in [-0.39, 0.29) is 0 Å². The Labute approximate surface area is 132 Å². The molecule has 4 fully saturated rings. The second-order valence-electron chi connectivity index (χ2n) is 8.10. The SMILES string of the molecule is COc1cc2ccccc2cc1C12CC3CC(CC(C3)C1)C2. The fraction of sp³-hybridized carbons (Fsp3) is 0.524. The Balaban J connectivity index is 1.69. The summed E-state index contributed by atoms with van der Waals surface area (Å²) in [4.78, 5) is 0. The summed E-state index contributed by atoms with van der Waals surface area (Å²) in [6, 6.07) is 13.4. The van der Waals surface area contributed by atoms with E-state index >= 15 is 0 Å². The molecule has 0 heterocycles. The third kappa shape index (κ3) is 1.77. The molecule has 2 aromatic rings. The lowest BCUT2D eigenvalue weighted by Crippen LogP contribution is -2.48. The Kier molecular flexibility index (Phi) is 2.66. The molecule has 22 heavy (non-hydrogen) atoms. The predicted octanol–water partition coefficient (Wildman–Crippen LogP) is 5.32. The van der Waals surface area contributed by atoms with Crippen molar-refractivity contribution in [2.75, 3.05) is 7.11 Å². The lowest BCUT2D eigenvalue weighted by molar-refractivity contribution is -0.00608. The van der Waals surface area contributed by atoms with Gasteiger partial charge in [-0.1, -0.05) is 24.3 Å². The first-order valence-corrected chi connectivity index (χ1v) is 8.83. The highest BCUT2D eigenvalue weighted by molar-refractivity contribution is 5.85. The molecule has 0 amide bonds. The zero-order valence-corrected chi connectivity index (χ0v) is 13.3. The lowest BCUT2D eigenvalue weighted by Gasteiger charge is -2.57. The third-order valence-electron chi connectivity index (χ3n) is 6.68. The van der Waals surface area contributed by atoms with Crippen LogP contribution in [0.15, 0.2) is 36.4 Å². The van der Waals surface area contributed by atoms with E-state index in [1.54, 1.807) is 0 Å². The second kappa shape index (κ2) is 4.50. The first-order chi connectivity index (χ1) is 10.8. The highest BCUT2D eigenvalue weighted by atomic mass is 16.5. The molecule has 6 rings (SSSR count). The van der Waals surface area contributed by atoms with Crippen LogP contribution in [-0.4, -0.2) is 7.11 Å². The van der Waals surface area contributed by atoms with Crippen LogP contribution in [0.3, 0.4) is 0 Å². The van der Waals surface area contributed by atoms with Crippen molar-refractivity contribution in [3.05, 3.63) is 42.0 Å². The molecule has 4 aliphatic rings. The Morgan fingerprint density at radius 1 is 0.864 bits per heavy atom. The number of methoxy groups -OCH3 is 1. The molecular formula is C21H24O. The summed E-state index contributed by atoms with van der Waals surface area (Å²) in [6.45, 7) is 0. The van der Waals surface area contributed by atoms with Gasteiger partial charge in [-0.3, -0.25) is 0 Å². The van der Waals surface area contributed by atoms with Gasteiger partial charge in [0, 0.05) is 5.56 Å². The Morgan fingerprint density at radius 3 is 1.95 bits per heavy atom. The molecule has 0 radical (unpaired) electrons. The van der Waals surface area contributed by atoms with Gasteiger partial charge in [-0.25, -0.2) is 0 Å². The minimum absolute atomic E-state index is 0.407. The minimum atomic E-state index is 0.407. The number of ether oxygens (including phenoxy) is 1.